The van der Waals surface area contributed by atoms with Crippen molar-refractivity contribution in [3.8, 4) is 0 Å². The van der Waals surface area contributed by atoms with E-state index in [0.29, 0.717) is 5.92 Å². The third-order valence-electron chi connectivity index (χ3n) is 3.88. The molecule has 1 saturated heterocycles. The number of piperidine rings is 1. The highest BCUT2D eigenvalue weighted by Crippen LogP contribution is 2.26. The zero-order valence-electron chi connectivity index (χ0n) is 11.4. The van der Waals surface area contributed by atoms with E-state index >= 15 is 0 Å². The van der Waals surface area contributed by atoms with Crippen LogP contribution in [0.1, 0.15) is 44.9 Å². The Balaban J connectivity index is 1.87. The van der Waals surface area contributed by atoms with Crippen molar-refractivity contribution in [2.24, 2.45) is 0 Å². The second-order valence-corrected chi connectivity index (χ2v) is 5.11. The summed E-state index contributed by atoms with van der Waals surface area (Å²) < 4.78 is 2.14. The summed E-state index contributed by atoms with van der Waals surface area (Å²) in [6.45, 7) is 8.01. The van der Waals surface area contributed by atoms with Crippen LogP contribution in [0.15, 0.2) is 6.33 Å². The Bertz CT molecular complexity index is 358. The molecule has 1 aromatic rings. The number of aliphatic hydroxyl groups is 1. The molecule has 102 valence electrons. The van der Waals surface area contributed by atoms with Gasteiger partial charge in [0.25, 0.3) is 0 Å². The topological polar surface area (TPSA) is 54.2 Å². The third-order valence-corrected chi connectivity index (χ3v) is 3.88. The maximum Gasteiger partial charge on any atom is 0.135 e. The fourth-order valence-electron chi connectivity index (χ4n) is 2.62. The van der Waals surface area contributed by atoms with Crippen molar-refractivity contribution in [2.75, 3.05) is 19.6 Å². The molecule has 0 radical (unpaired) electrons. The van der Waals surface area contributed by atoms with E-state index in [9.17, 15) is 5.11 Å². The molecule has 0 saturated carbocycles. The van der Waals surface area contributed by atoms with Crippen LogP contribution in [0, 0.1) is 0 Å². The number of aliphatic hydroxyl groups excluding tert-OH is 1. The summed E-state index contributed by atoms with van der Waals surface area (Å²) in [6, 6.07) is 0. The number of hydrogen-bond donors (Lipinski definition) is 1. The summed E-state index contributed by atoms with van der Waals surface area (Å²) in [6.07, 6.45) is 4.72. The van der Waals surface area contributed by atoms with E-state index in [1.54, 1.807) is 0 Å². The molecular weight excluding hydrogens is 228 g/mol. The van der Waals surface area contributed by atoms with Gasteiger partial charge in [-0.15, -0.1) is 10.2 Å². The van der Waals surface area contributed by atoms with Gasteiger partial charge in [-0.3, -0.25) is 0 Å². The van der Waals surface area contributed by atoms with Crippen molar-refractivity contribution in [1.29, 1.82) is 0 Å². The molecule has 1 aromatic heterocycles. The second kappa shape index (κ2) is 6.29. The van der Waals surface area contributed by atoms with Crippen molar-refractivity contribution >= 4 is 0 Å². The first-order valence-corrected chi connectivity index (χ1v) is 7.02. The van der Waals surface area contributed by atoms with E-state index < -0.39 is 0 Å². The number of hydrogen-bond acceptors (Lipinski definition) is 4. The summed E-state index contributed by atoms with van der Waals surface area (Å²) in [5.41, 5.74) is 0. The predicted octanol–water partition coefficient (Wildman–Crippen LogP) is 1.25. The Morgan fingerprint density at radius 3 is 2.72 bits per heavy atom. The van der Waals surface area contributed by atoms with Gasteiger partial charge in [0.2, 0.25) is 0 Å². The van der Waals surface area contributed by atoms with Crippen molar-refractivity contribution in [2.45, 2.75) is 51.7 Å². The number of aromatic nitrogens is 3. The smallest absolute Gasteiger partial charge is 0.135 e. The van der Waals surface area contributed by atoms with Gasteiger partial charge in [-0.2, -0.15) is 0 Å². The molecule has 0 aromatic carbocycles. The van der Waals surface area contributed by atoms with E-state index in [-0.39, 0.29) is 6.10 Å². The van der Waals surface area contributed by atoms with E-state index in [1.807, 2.05) is 13.3 Å². The largest absolute Gasteiger partial charge is 0.392 e. The third kappa shape index (κ3) is 3.09. The highest BCUT2D eigenvalue weighted by Gasteiger charge is 2.24. The van der Waals surface area contributed by atoms with Gasteiger partial charge in [0.1, 0.15) is 12.2 Å². The average molecular weight is 252 g/mol. The Kier molecular flexibility index (Phi) is 4.72. The molecule has 0 bridgehead atoms. The lowest BCUT2D eigenvalue weighted by Gasteiger charge is -2.32. The molecule has 0 aliphatic carbocycles. The molecule has 1 atom stereocenters. The fourth-order valence-corrected chi connectivity index (χ4v) is 2.62. The second-order valence-electron chi connectivity index (χ2n) is 5.11. The first-order chi connectivity index (χ1) is 8.74. The summed E-state index contributed by atoms with van der Waals surface area (Å²) in [4.78, 5) is 2.36. The van der Waals surface area contributed by atoms with Crippen molar-refractivity contribution in [1.82, 2.24) is 19.7 Å². The molecule has 0 amide bonds. The van der Waals surface area contributed by atoms with Crippen LogP contribution in [0.2, 0.25) is 0 Å². The molecule has 1 aliphatic rings. The summed E-state index contributed by atoms with van der Waals surface area (Å²) >= 11 is 0. The number of aryl methyl sites for hydroxylation is 1. The lowest BCUT2D eigenvalue weighted by molar-refractivity contribution is 0.0935. The minimum atomic E-state index is -0.180. The molecule has 2 rings (SSSR count). The van der Waals surface area contributed by atoms with Gasteiger partial charge < -0.3 is 14.6 Å². The van der Waals surface area contributed by atoms with Gasteiger partial charge in [-0.05, 0) is 39.3 Å². The SMILES string of the molecule is CCC(O)CN1CCC(c2nncn2CC)CC1. The molecule has 0 spiro atoms. The van der Waals surface area contributed by atoms with Gasteiger partial charge in [-0.25, -0.2) is 0 Å². The molecule has 1 aliphatic heterocycles. The standard InChI is InChI=1S/C13H24N4O/c1-3-12(18)9-16-7-5-11(6-8-16)13-15-14-10-17(13)4-2/h10-12,18H,3-9H2,1-2H3. The van der Waals surface area contributed by atoms with Gasteiger partial charge in [0.15, 0.2) is 0 Å². The minimum absolute atomic E-state index is 0.180. The molecule has 5 heteroatoms. The maximum atomic E-state index is 9.67. The van der Waals surface area contributed by atoms with Gasteiger partial charge in [-0.1, -0.05) is 6.92 Å². The normalized spacial score (nSPS) is 20.2. The van der Waals surface area contributed by atoms with Crippen molar-refractivity contribution < 1.29 is 5.11 Å². The molecule has 2 heterocycles. The van der Waals surface area contributed by atoms with Crippen LogP contribution in [0.25, 0.3) is 0 Å². The van der Waals surface area contributed by atoms with Gasteiger partial charge >= 0.3 is 0 Å². The first-order valence-electron chi connectivity index (χ1n) is 7.02. The van der Waals surface area contributed by atoms with Crippen LogP contribution in [0.3, 0.4) is 0 Å². The lowest BCUT2D eigenvalue weighted by Crippen LogP contribution is -2.38. The Labute approximate surface area is 109 Å². The van der Waals surface area contributed by atoms with Gasteiger partial charge in [0, 0.05) is 19.0 Å². The minimum Gasteiger partial charge on any atom is -0.392 e. The number of rotatable bonds is 5. The number of β-amino-alcohol motifs (C(OH)–C–C–N with tert-alkyl or cyclic N) is 1. The van der Waals surface area contributed by atoms with Crippen molar-refractivity contribution in [3.05, 3.63) is 12.2 Å². The summed E-state index contributed by atoms with van der Waals surface area (Å²) in [5.74, 6) is 1.66. The van der Waals surface area contributed by atoms with E-state index in [0.717, 1.165) is 51.3 Å². The number of nitrogens with zero attached hydrogens (tertiary/aromatic N) is 4. The Morgan fingerprint density at radius 1 is 1.39 bits per heavy atom. The summed E-state index contributed by atoms with van der Waals surface area (Å²) in [5, 5.41) is 17.9. The van der Waals surface area contributed by atoms with Crippen LogP contribution in [-0.4, -0.2) is 50.5 Å². The van der Waals surface area contributed by atoms with Crippen LogP contribution >= 0.6 is 0 Å². The first kappa shape index (κ1) is 13.5. The van der Waals surface area contributed by atoms with Crippen LogP contribution in [0.5, 0.6) is 0 Å². The Morgan fingerprint density at radius 2 is 2.11 bits per heavy atom. The van der Waals surface area contributed by atoms with Crippen LogP contribution < -0.4 is 0 Å². The fraction of sp³-hybridized carbons (Fsp3) is 0.846. The Hall–Kier alpha value is -0.940. The van der Waals surface area contributed by atoms with E-state index in [4.69, 9.17) is 0 Å². The average Bonchev–Trinajstić information content (AvgIpc) is 2.87. The monoisotopic (exact) mass is 252 g/mol. The quantitative estimate of drug-likeness (QED) is 0.857. The molecule has 1 fully saturated rings. The van der Waals surface area contributed by atoms with Crippen molar-refractivity contribution in [3.63, 3.8) is 0 Å². The number of likely N-dealkylation sites (tertiary alicyclic amines) is 1. The maximum absolute atomic E-state index is 9.67. The summed E-state index contributed by atoms with van der Waals surface area (Å²) in [7, 11) is 0. The van der Waals surface area contributed by atoms with E-state index in [2.05, 4.69) is 26.6 Å². The van der Waals surface area contributed by atoms with E-state index in [1.165, 1.54) is 0 Å². The molecule has 1 unspecified atom stereocenters. The predicted molar refractivity (Wildman–Crippen MR) is 70.4 cm³/mol. The van der Waals surface area contributed by atoms with Gasteiger partial charge in [0.05, 0.1) is 6.10 Å². The molecular formula is C13H24N4O. The molecule has 5 nitrogen and oxygen atoms in total. The zero-order chi connectivity index (χ0) is 13.0. The molecule has 18 heavy (non-hydrogen) atoms. The zero-order valence-corrected chi connectivity index (χ0v) is 11.4. The van der Waals surface area contributed by atoms with Crippen LogP contribution in [-0.2, 0) is 6.54 Å². The van der Waals surface area contributed by atoms with Crippen LogP contribution in [0.4, 0.5) is 0 Å². The molecule has 1 N–H and O–H groups in total. The highest BCUT2D eigenvalue weighted by atomic mass is 16.3. The lowest BCUT2D eigenvalue weighted by atomic mass is 9.95. The highest BCUT2D eigenvalue weighted by molar-refractivity contribution is 4.99.